The van der Waals surface area contributed by atoms with Gasteiger partial charge in [0.05, 0.1) is 10.5 Å². The zero-order valence-corrected chi connectivity index (χ0v) is 14.1. The second-order valence-corrected chi connectivity index (χ2v) is 6.55. The van der Waals surface area contributed by atoms with Crippen LogP contribution in [0.15, 0.2) is 48.7 Å². The van der Waals surface area contributed by atoms with Crippen molar-refractivity contribution in [3.63, 3.8) is 0 Å². The standard InChI is InChI=1S/C19H21ClN2/c1-14-7-9-15(10-8-14)11-22-13-16(12-21(2)3)19-17(20)5-4-6-18(19)22/h4-10,13H,11-12H2,1-3H3. The molecule has 0 aliphatic rings. The largest absolute Gasteiger partial charge is 0.343 e. The van der Waals surface area contributed by atoms with E-state index in [-0.39, 0.29) is 0 Å². The molecule has 0 aliphatic carbocycles. The molecule has 3 rings (SSSR count). The first kappa shape index (κ1) is 15.1. The molecule has 0 unspecified atom stereocenters. The van der Waals surface area contributed by atoms with E-state index in [1.165, 1.54) is 27.6 Å². The van der Waals surface area contributed by atoms with Crippen molar-refractivity contribution in [2.45, 2.75) is 20.0 Å². The highest BCUT2D eigenvalue weighted by atomic mass is 35.5. The molecule has 3 aromatic rings. The number of hydrogen-bond acceptors (Lipinski definition) is 1. The van der Waals surface area contributed by atoms with Crippen molar-refractivity contribution in [2.75, 3.05) is 14.1 Å². The highest BCUT2D eigenvalue weighted by molar-refractivity contribution is 6.35. The molecule has 2 nitrogen and oxygen atoms in total. The van der Waals surface area contributed by atoms with Crippen LogP contribution in [0.1, 0.15) is 16.7 Å². The maximum atomic E-state index is 6.45. The minimum atomic E-state index is 0.831. The Labute approximate surface area is 136 Å². The molecule has 0 aliphatic heterocycles. The quantitative estimate of drug-likeness (QED) is 0.677. The zero-order valence-electron chi connectivity index (χ0n) is 13.3. The number of hydrogen-bond donors (Lipinski definition) is 0. The fourth-order valence-electron chi connectivity index (χ4n) is 2.87. The molecule has 2 aromatic carbocycles. The minimum absolute atomic E-state index is 0.831. The van der Waals surface area contributed by atoms with Crippen LogP contribution < -0.4 is 0 Å². The molecule has 0 N–H and O–H groups in total. The molecule has 0 saturated carbocycles. The Kier molecular flexibility index (Phi) is 4.23. The van der Waals surface area contributed by atoms with Gasteiger partial charge in [-0.05, 0) is 44.3 Å². The van der Waals surface area contributed by atoms with Gasteiger partial charge in [-0.15, -0.1) is 0 Å². The number of fused-ring (bicyclic) bond motifs is 1. The Morgan fingerprint density at radius 2 is 1.77 bits per heavy atom. The Bertz CT molecular complexity index is 785. The molecule has 1 aromatic heterocycles. The van der Waals surface area contributed by atoms with Crippen molar-refractivity contribution >= 4 is 22.5 Å². The predicted octanol–water partition coefficient (Wildman–Crippen LogP) is 4.71. The van der Waals surface area contributed by atoms with Gasteiger partial charge in [0.1, 0.15) is 0 Å². The summed E-state index contributed by atoms with van der Waals surface area (Å²) in [6, 6.07) is 14.8. The fourth-order valence-corrected chi connectivity index (χ4v) is 3.16. The lowest BCUT2D eigenvalue weighted by Crippen LogP contribution is -2.10. The number of nitrogens with zero attached hydrogens (tertiary/aromatic N) is 2. The van der Waals surface area contributed by atoms with Crippen molar-refractivity contribution in [1.82, 2.24) is 9.47 Å². The van der Waals surface area contributed by atoms with Crippen LogP contribution in [0.3, 0.4) is 0 Å². The summed E-state index contributed by atoms with van der Waals surface area (Å²) in [6.07, 6.45) is 2.23. The maximum Gasteiger partial charge on any atom is 0.0503 e. The van der Waals surface area contributed by atoms with Crippen molar-refractivity contribution < 1.29 is 0 Å². The van der Waals surface area contributed by atoms with Crippen molar-refractivity contribution in [2.24, 2.45) is 0 Å². The van der Waals surface area contributed by atoms with Crippen LogP contribution in [-0.4, -0.2) is 23.6 Å². The molecule has 0 saturated heterocycles. The second kappa shape index (κ2) is 6.15. The smallest absolute Gasteiger partial charge is 0.0503 e. The van der Waals surface area contributed by atoms with E-state index in [4.69, 9.17) is 11.6 Å². The first-order valence-corrected chi connectivity index (χ1v) is 7.89. The molecule has 1 heterocycles. The molecule has 114 valence electrons. The molecule has 22 heavy (non-hydrogen) atoms. The van der Waals surface area contributed by atoms with Gasteiger partial charge in [-0.2, -0.15) is 0 Å². The fraction of sp³-hybridized carbons (Fsp3) is 0.263. The molecule has 0 spiro atoms. The molecular formula is C19H21ClN2. The SMILES string of the molecule is Cc1ccc(Cn2cc(CN(C)C)c3c(Cl)cccc32)cc1. The average molecular weight is 313 g/mol. The molecule has 0 amide bonds. The van der Waals surface area contributed by atoms with Crippen molar-refractivity contribution in [3.05, 3.63) is 70.4 Å². The summed E-state index contributed by atoms with van der Waals surface area (Å²) in [5.74, 6) is 0. The van der Waals surface area contributed by atoms with E-state index < -0.39 is 0 Å². The van der Waals surface area contributed by atoms with Gasteiger partial charge in [0.25, 0.3) is 0 Å². The van der Waals surface area contributed by atoms with Gasteiger partial charge < -0.3 is 9.47 Å². The summed E-state index contributed by atoms with van der Waals surface area (Å²) in [7, 11) is 4.17. The maximum absolute atomic E-state index is 6.45. The summed E-state index contributed by atoms with van der Waals surface area (Å²) in [4.78, 5) is 2.17. The summed E-state index contributed by atoms with van der Waals surface area (Å²) in [5, 5.41) is 2.00. The van der Waals surface area contributed by atoms with E-state index in [2.05, 4.69) is 67.0 Å². The molecular weight excluding hydrogens is 292 g/mol. The first-order chi connectivity index (χ1) is 10.5. The third-order valence-corrected chi connectivity index (χ3v) is 4.21. The van der Waals surface area contributed by atoms with Crippen LogP contribution in [0, 0.1) is 6.92 Å². The van der Waals surface area contributed by atoms with E-state index in [9.17, 15) is 0 Å². The molecule has 0 radical (unpaired) electrons. The Hall–Kier alpha value is -1.77. The van der Waals surface area contributed by atoms with E-state index in [1.807, 2.05) is 12.1 Å². The molecule has 0 fully saturated rings. The van der Waals surface area contributed by atoms with Crippen molar-refractivity contribution in [1.29, 1.82) is 0 Å². The molecule has 3 heteroatoms. The zero-order chi connectivity index (χ0) is 15.7. The molecule has 0 bridgehead atoms. The monoisotopic (exact) mass is 312 g/mol. The van der Waals surface area contributed by atoms with Gasteiger partial charge in [-0.1, -0.05) is 47.5 Å². The number of benzene rings is 2. The first-order valence-electron chi connectivity index (χ1n) is 7.51. The second-order valence-electron chi connectivity index (χ2n) is 6.14. The normalized spacial score (nSPS) is 11.5. The topological polar surface area (TPSA) is 8.17 Å². The van der Waals surface area contributed by atoms with Crippen LogP contribution in [0.25, 0.3) is 10.9 Å². The van der Waals surface area contributed by atoms with Gasteiger partial charge in [0.15, 0.2) is 0 Å². The van der Waals surface area contributed by atoms with Crippen LogP contribution >= 0.6 is 11.6 Å². The third-order valence-electron chi connectivity index (χ3n) is 3.89. The molecule has 0 atom stereocenters. The van der Waals surface area contributed by atoms with E-state index in [0.29, 0.717) is 0 Å². The Morgan fingerprint density at radius 1 is 1.05 bits per heavy atom. The Balaban J connectivity index is 2.05. The van der Waals surface area contributed by atoms with E-state index in [0.717, 1.165) is 18.1 Å². The van der Waals surface area contributed by atoms with Crippen LogP contribution in [0.5, 0.6) is 0 Å². The minimum Gasteiger partial charge on any atom is -0.343 e. The number of aryl methyl sites for hydroxylation is 1. The van der Waals surface area contributed by atoms with Gasteiger partial charge in [-0.3, -0.25) is 0 Å². The van der Waals surface area contributed by atoms with Crippen LogP contribution in [0.4, 0.5) is 0 Å². The number of aromatic nitrogens is 1. The van der Waals surface area contributed by atoms with E-state index >= 15 is 0 Å². The summed E-state index contributed by atoms with van der Waals surface area (Å²) >= 11 is 6.45. The predicted molar refractivity (Wildman–Crippen MR) is 94.6 cm³/mol. The average Bonchev–Trinajstić information content (AvgIpc) is 2.80. The van der Waals surface area contributed by atoms with Gasteiger partial charge in [-0.25, -0.2) is 0 Å². The summed E-state index contributed by atoms with van der Waals surface area (Å²) in [5.41, 5.74) is 5.07. The van der Waals surface area contributed by atoms with E-state index in [1.54, 1.807) is 0 Å². The summed E-state index contributed by atoms with van der Waals surface area (Å²) < 4.78 is 2.30. The van der Waals surface area contributed by atoms with Gasteiger partial charge in [0.2, 0.25) is 0 Å². The highest BCUT2D eigenvalue weighted by Gasteiger charge is 2.12. The number of rotatable bonds is 4. The van der Waals surface area contributed by atoms with Crippen LogP contribution in [0.2, 0.25) is 5.02 Å². The highest BCUT2D eigenvalue weighted by Crippen LogP contribution is 2.30. The lowest BCUT2D eigenvalue weighted by Gasteiger charge is -2.08. The lowest BCUT2D eigenvalue weighted by atomic mass is 10.1. The third kappa shape index (κ3) is 3.03. The van der Waals surface area contributed by atoms with Gasteiger partial charge in [0, 0.05) is 24.7 Å². The van der Waals surface area contributed by atoms with Crippen molar-refractivity contribution in [3.8, 4) is 0 Å². The van der Waals surface area contributed by atoms with Crippen LogP contribution in [-0.2, 0) is 13.1 Å². The van der Waals surface area contributed by atoms with Gasteiger partial charge >= 0.3 is 0 Å². The summed E-state index contributed by atoms with van der Waals surface area (Å²) in [6.45, 7) is 3.87. The number of halogens is 1. The Morgan fingerprint density at radius 3 is 2.45 bits per heavy atom. The lowest BCUT2D eigenvalue weighted by molar-refractivity contribution is 0.403.